The molecule has 1 atom stereocenters. The second-order valence-electron chi connectivity index (χ2n) is 8.89. The van der Waals surface area contributed by atoms with E-state index in [1.807, 2.05) is 24.9 Å². The Balaban J connectivity index is 1.23. The van der Waals surface area contributed by atoms with Crippen LogP contribution < -0.4 is 19.9 Å². The Morgan fingerprint density at radius 2 is 2.00 bits per heavy atom. The third-order valence-electron chi connectivity index (χ3n) is 6.43. The standard InChI is InChI=1S/C25H25F3N6O2/c1-15-23(35)34-10-4-7-19-21(34)22(33(15)2)32-24(31-19)30-13-17-8-9-20(29-12-17)36-14-16-5-3-6-18(11-16)25(26,27)28/h3,5-6,8-9,11-12,15H,4,7,10,13-14H2,1-2H3,(H,30,31,32)/t15-/m0/s1. The summed E-state index contributed by atoms with van der Waals surface area (Å²) in [6.45, 7) is 2.95. The average Bonchev–Trinajstić information content (AvgIpc) is 2.88. The highest BCUT2D eigenvalue weighted by atomic mass is 19.4. The van der Waals surface area contributed by atoms with Crippen molar-refractivity contribution in [1.29, 1.82) is 0 Å². The lowest BCUT2D eigenvalue weighted by atomic mass is 10.0. The highest BCUT2D eigenvalue weighted by molar-refractivity contribution is 6.05. The summed E-state index contributed by atoms with van der Waals surface area (Å²) in [6, 6.07) is 8.22. The van der Waals surface area contributed by atoms with Crippen molar-refractivity contribution in [2.75, 3.05) is 28.7 Å². The Bertz CT molecular complexity index is 1280. The Labute approximate surface area is 206 Å². The topological polar surface area (TPSA) is 83.5 Å². The first-order valence-corrected chi connectivity index (χ1v) is 11.6. The number of hydrogen-bond acceptors (Lipinski definition) is 7. The summed E-state index contributed by atoms with van der Waals surface area (Å²) in [5, 5.41) is 3.23. The van der Waals surface area contributed by atoms with Crippen LogP contribution in [-0.2, 0) is 30.5 Å². The molecule has 1 amide bonds. The van der Waals surface area contributed by atoms with E-state index in [9.17, 15) is 18.0 Å². The van der Waals surface area contributed by atoms with E-state index in [0.717, 1.165) is 47.7 Å². The van der Waals surface area contributed by atoms with Crippen molar-refractivity contribution in [3.63, 3.8) is 0 Å². The van der Waals surface area contributed by atoms with Crippen molar-refractivity contribution >= 4 is 23.4 Å². The van der Waals surface area contributed by atoms with Gasteiger partial charge in [0, 0.05) is 32.4 Å². The Hall–Kier alpha value is -3.89. The third kappa shape index (κ3) is 4.65. The van der Waals surface area contributed by atoms with Gasteiger partial charge in [-0.15, -0.1) is 0 Å². The molecule has 0 bridgehead atoms. The van der Waals surface area contributed by atoms with Gasteiger partial charge in [0.05, 0.1) is 11.3 Å². The number of carbonyl (C=O) groups is 1. The number of hydrogen-bond donors (Lipinski definition) is 1. The molecule has 2 aromatic heterocycles. The molecule has 0 saturated carbocycles. The van der Waals surface area contributed by atoms with Crippen LogP contribution in [0, 0.1) is 0 Å². The summed E-state index contributed by atoms with van der Waals surface area (Å²) in [7, 11) is 1.86. The number of nitrogens with one attached hydrogen (secondary N) is 1. The number of halogens is 3. The number of alkyl halides is 3. The maximum Gasteiger partial charge on any atom is 0.416 e. The first-order valence-electron chi connectivity index (χ1n) is 11.6. The molecule has 4 heterocycles. The minimum atomic E-state index is -4.40. The van der Waals surface area contributed by atoms with Crippen molar-refractivity contribution in [3.8, 4) is 5.88 Å². The smallest absolute Gasteiger partial charge is 0.416 e. The maximum atomic E-state index is 12.9. The van der Waals surface area contributed by atoms with Crippen molar-refractivity contribution in [2.45, 2.75) is 45.1 Å². The predicted octanol–water partition coefficient (Wildman–Crippen LogP) is 4.20. The average molecular weight is 499 g/mol. The monoisotopic (exact) mass is 498 g/mol. The van der Waals surface area contributed by atoms with Gasteiger partial charge in [0.25, 0.3) is 0 Å². The second kappa shape index (κ2) is 9.29. The van der Waals surface area contributed by atoms with Gasteiger partial charge in [0.1, 0.15) is 18.3 Å². The van der Waals surface area contributed by atoms with E-state index in [1.54, 1.807) is 23.2 Å². The molecule has 1 N–H and O–H groups in total. The van der Waals surface area contributed by atoms with E-state index in [4.69, 9.17) is 4.74 Å². The van der Waals surface area contributed by atoms with Gasteiger partial charge >= 0.3 is 6.18 Å². The number of anilines is 3. The molecule has 0 aliphatic carbocycles. The number of pyridine rings is 1. The number of rotatable bonds is 6. The van der Waals surface area contributed by atoms with Crippen LogP contribution in [0.1, 0.15) is 35.7 Å². The summed E-state index contributed by atoms with van der Waals surface area (Å²) in [6.07, 6.45) is -1.12. The first-order chi connectivity index (χ1) is 17.2. The van der Waals surface area contributed by atoms with Gasteiger partial charge in [-0.25, -0.2) is 9.97 Å². The van der Waals surface area contributed by atoms with Gasteiger partial charge in [-0.05, 0) is 43.0 Å². The van der Waals surface area contributed by atoms with Crippen molar-refractivity contribution in [1.82, 2.24) is 15.0 Å². The van der Waals surface area contributed by atoms with E-state index in [1.165, 1.54) is 6.07 Å². The summed E-state index contributed by atoms with van der Waals surface area (Å²) >= 11 is 0. The van der Waals surface area contributed by atoms with Gasteiger partial charge in [0.15, 0.2) is 5.82 Å². The quantitative estimate of drug-likeness (QED) is 0.546. The lowest BCUT2D eigenvalue weighted by molar-refractivity contribution is -0.137. The van der Waals surface area contributed by atoms with Gasteiger partial charge < -0.3 is 19.9 Å². The number of amides is 1. The van der Waals surface area contributed by atoms with Gasteiger partial charge in [-0.2, -0.15) is 18.2 Å². The molecule has 0 radical (unpaired) electrons. The van der Waals surface area contributed by atoms with Crippen LogP contribution in [0.4, 0.5) is 30.6 Å². The van der Waals surface area contributed by atoms with Crippen LogP contribution in [0.25, 0.3) is 0 Å². The summed E-state index contributed by atoms with van der Waals surface area (Å²) < 4.78 is 44.2. The molecule has 0 saturated heterocycles. The summed E-state index contributed by atoms with van der Waals surface area (Å²) in [5.74, 6) is 1.59. The molecule has 0 spiro atoms. The number of nitrogens with zero attached hydrogens (tertiary/aromatic N) is 5. The van der Waals surface area contributed by atoms with E-state index >= 15 is 0 Å². The number of aromatic nitrogens is 3. The van der Waals surface area contributed by atoms with Crippen LogP contribution in [0.5, 0.6) is 5.88 Å². The first kappa shape index (κ1) is 23.8. The molecular formula is C25H25F3N6O2. The normalized spacial score (nSPS) is 17.1. The minimum Gasteiger partial charge on any atom is -0.473 e. The molecule has 188 valence electrons. The second-order valence-corrected chi connectivity index (χ2v) is 8.89. The Morgan fingerprint density at radius 3 is 2.75 bits per heavy atom. The summed E-state index contributed by atoms with van der Waals surface area (Å²) in [4.78, 5) is 29.9. The summed E-state index contributed by atoms with van der Waals surface area (Å²) in [5.41, 5.74) is 2.22. The molecule has 36 heavy (non-hydrogen) atoms. The maximum absolute atomic E-state index is 12.9. The van der Waals surface area contributed by atoms with Crippen LogP contribution >= 0.6 is 0 Å². The fourth-order valence-corrected chi connectivity index (χ4v) is 4.35. The lowest BCUT2D eigenvalue weighted by Gasteiger charge is -2.41. The molecule has 2 aliphatic heterocycles. The predicted molar refractivity (Wildman–Crippen MR) is 128 cm³/mol. The lowest BCUT2D eigenvalue weighted by Crippen LogP contribution is -2.53. The van der Waals surface area contributed by atoms with Crippen molar-refractivity contribution < 1.29 is 22.7 Å². The minimum absolute atomic E-state index is 0.0221. The van der Waals surface area contributed by atoms with Crippen LogP contribution in [0.3, 0.4) is 0 Å². The number of aryl methyl sites for hydroxylation is 1. The number of carbonyl (C=O) groups excluding carboxylic acids is 1. The van der Waals surface area contributed by atoms with E-state index in [0.29, 0.717) is 30.5 Å². The van der Waals surface area contributed by atoms with Crippen molar-refractivity contribution in [2.24, 2.45) is 0 Å². The SMILES string of the molecule is C[C@H]1C(=O)N2CCCc3nc(NCc4ccc(OCc5cccc(C(F)(F)F)c5)nc4)nc(c32)N1C. The zero-order valence-electron chi connectivity index (χ0n) is 19.8. The largest absolute Gasteiger partial charge is 0.473 e. The Morgan fingerprint density at radius 1 is 1.17 bits per heavy atom. The molecule has 5 rings (SSSR count). The molecular weight excluding hydrogens is 473 g/mol. The van der Waals surface area contributed by atoms with Gasteiger partial charge in [-0.3, -0.25) is 4.79 Å². The van der Waals surface area contributed by atoms with E-state index in [-0.39, 0.29) is 18.6 Å². The molecule has 0 fully saturated rings. The number of ether oxygens (including phenoxy) is 1. The van der Waals surface area contributed by atoms with Crippen LogP contribution in [-0.4, -0.2) is 40.5 Å². The number of likely N-dealkylation sites (N-methyl/N-ethyl adjacent to an activating group) is 1. The molecule has 8 nitrogen and oxygen atoms in total. The number of benzene rings is 1. The van der Waals surface area contributed by atoms with Crippen LogP contribution in [0.15, 0.2) is 42.6 Å². The van der Waals surface area contributed by atoms with Gasteiger partial charge in [0.2, 0.25) is 17.7 Å². The zero-order valence-corrected chi connectivity index (χ0v) is 19.8. The third-order valence-corrected chi connectivity index (χ3v) is 6.43. The fraction of sp³-hybridized carbons (Fsp3) is 0.360. The Kier molecular flexibility index (Phi) is 6.15. The molecule has 11 heteroatoms. The molecule has 0 unspecified atom stereocenters. The van der Waals surface area contributed by atoms with E-state index < -0.39 is 11.7 Å². The zero-order chi connectivity index (χ0) is 25.4. The molecule has 1 aromatic carbocycles. The van der Waals surface area contributed by atoms with Gasteiger partial charge in [-0.1, -0.05) is 18.2 Å². The highest BCUT2D eigenvalue weighted by Crippen LogP contribution is 2.39. The molecule has 2 aliphatic rings. The van der Waals surface area contributed by atoms with Crippen LogP contribution in [0.2, 0.25) is 0 Å². The van der Waals surface area contributed by atoms with Crippen molar-refractivity contribution in [3.05, 3.63) is 65.0 Å². The fourth-order valence-electron chi connectivity index (χ4n) is 4.35. The molecule has 3 aromatic rings. The highest BCUT2D eigenvalue weighted by Gasteiger charge is 2.38. The van der Waals surface area contributed by atoms with E-state index in [2.05, 4.69) is 20.3 Å².